The fraction of sp³-hybridized carbons (Fsp3) is 0.647. The first-order chi connectivity index (χ1) is 12.1. The molecule has 8 heteroatoms. The van der Waals surface area contributed by atoms with Crippen LogP contribution in [0.2, 0.25) is 10.0 Å². The molecule has 2 fully saturated rings. The highest BCUT2D eigenvalue weighted by molar-refractivity contribution is 6.45. The van der Waals surface area contributed by atoms with Crippen molar-refractivity contribution < 1.29 is 9.84 Å². The van der Waals surface area contributed by atoms with Gasteiger partial charge in [0.2, 0.25) is 5.95 Å². The second kappa shape index (κ2) is 6.58. The summed E-state index contributed by atoms with van der Waals surface area (Å²) in [4.78, 5) is 4.36. The first kappa shape index (κ1) is 17.3. The molecule has 0 bridgehead atoms. The summed E-state index contributed by atoms with van der Waals surface area (Å²) in [5.74, 6) is 0.466. The highest BCUT2D eigenvalue weighted by Crippen LogP contribution is 2.51. The Hall–Kier alpha value is -1.08. The molecule has 0 amide bonds. The molecule has 2 aromatic rings. The molecule has 2 aromatic heterocycles. The lowest BCUT2D eigenvalue weighted by atomic mass is 9.65. The molecule has 0 radical (unpaired) electrons. The minimum absolute atomic E-state index is 0.0386. The van der Waals surface area contributed by atoms with Crippen LogP contribution in [0.4, 0.5) is 5.95 Å². The molecule has 0 unspecified atom stereocenters. The number of hydrogen-bond acceptors (Lipinski definition) is 5. The molecule has 3 heterocycles. The number of aromatic nitrogens is 3. The van der Waals surface area contributed by atoms with E-state index >= 15 is 0 Å². The van der Waals surface area contributed by atoms with Gasteiger partial charge >= 0.3 is 0 Å². The van der Waals surface area contributed by atoms with E-state index in [-0.39, 0.29) is 11.5 Å². The lowest BCUT2D eigenvalue weighted by Crippen LogP contribution is -2.42. The predicted molar refractivity (Wildman–Crippen MR) is 97.7 cm³/mol. The van der Waals surface area contributed by atoms with Gasteiger partial charge in [-0.3, -0.25) is 0 Å². The highest BCUT2D eigenvalue weighted by Gasteiger charge is 2.42. The highest BCUT2D eigenvalue weighted by atomic mass is 35.5. The summed E-state index contributed by atoms with van der Waals surface area (Å²) in [5, 5.41) is 19.0. The van der Waals surface area contributed by atoms with Gasteiger partial charge in [-0.2, -0.15) is 0 Å². The average Bonchev–Trinajstić information content (AvgIpc) is 2.82. The number of halogens is 2. The summed E-state index contributed by atoms with van der Waals surface area (Å²) in [5.41, 5.74) is 1.75. The molecular formula is C17H22Cl2N4O2. The van der Waals surface area contributed by atoms with Gasteiger partial charge in [-0.1, -0.05) is 36.5 Å². The number of hydrogen-bond donors (Lipinski definition) is 2. The van der Waals surface area contributed by atoms with Crippen molar-refractivity contribution in [2.75, 3.05) is 18.5 Å². The molecule has 136 valence electrons. The summed E-state index contributed by atoms with van der Waals surface area (Å²) in [6.45, 7) is 3.12. The third-order valence-corrected chi connectivity index (χ3v) is 6.55. The van der Waals surface area contributed by atoms with E-state index in [9.17, 15) is 5.11 Å². The smallest absolute Gasteiger partial charge is 0.241 e. The van der Waals surface area contributed by atoms with Crippen LogP contribution in [0.1, 0.15) is 44.7 Å². The topological polar surface area (TPSA) is 71.7 Å². The number of aliphatic hydroxyl groups excluding tert-OH is 1. The van der Waals surface area contributed by atoms with E-state index in [4.69, 9.17) is 27.9 Å². The van der Waals surface area contributed by atoms with Crippen molar-refractivity contribution in [2.45, 2.75) is 56.6 Å². The maximum Gasteiger partial charge on any atom is 0.241 e. The zero-order chi connectivity index (χ0) is 17.6. The number of ether oxygens (including phenoxy) is 1. The van der Waals surface area contributed by atoms with Crippen LogP contribution in [0.5, 0.6) is 0 Å². The first-order valence-electron chi connectivity index (χ1n) is 8.81. The van der Waals surface area contributed by atoms with Gasteiger partial charge in [0, 0.05) is 12.0 Å². The van der Waals surface area contributed by atoms with Gasteiger partial charge in [0.05, 0.1) is 40.7 Å². The van der Waals surface area contributed by atoms with Crippen molar-refractivity contribution in [3.05, 3.63) is 21.9 Å². The van der Waals surface area contributed by atoms with E-state index in [1.165, 1.54) is 6.42 Å². The van der Waals surface area contributed by atoms with Gasteiger partial charge in [0.15, 0.2) is 0 Å². The number of anilines is 1. The second-order valence-electron chi connectivity index (χ2n) is 7.02. The van der Waals surface area contributed by atoms with Crippen molar-refractivity contribution in [1.29, 1.82) is 0 Å². The van der Waals surface area contributed by atoms with Gasteiger partial charge in [-0.05, 0) is 25.7 Å². The van der Waals surface area contributed by atoms with Gasteiger partial charge in [-0.15, -0.1) is 5.10 Å². The van der Waals surface area contributed by atoms with Crippen LogP contribution < -0.4 is 5.32 Å². The van der Waals surface area contributed by atoms with Crippen LogP contribution in [-0.4, -0.2) is 45.1 Å². The molecule has 1 aliphatic heterocycles. The lowest BCUT2D eigenvalue weighted by Gasteiger charge is -2.41. The Bertz CT molecular complexity index is 785. The average molecular weight is 385 g/mol. The Morgan fingerprint density at radius 3 is 2.84 bits per heavy atom. The van der Waals surface area contributed by atoms with Crippen LogP contribution in [0.25, 0.3) is 5.52 Å². The number of nitrogens with one attached hydrogen (secondary N) is 1. The first-order valence-corrected chi connectivity index (χ1v) is 9.57. The molecule has 4 rings (SSSR count). The maximum atomic E-state index is 10.1. The van der Waals surface area contributed by atoms with Gasteiger partial charge in [-0.25, -0.2) is 9.50 Å². The monoisotopic (exact) mass is 384 g/mol. The molecule has 1 saturated carbocycles. The number of fused-ring (bicyclic) bond motifs is 1. The fourth-order valence-corrected chi connectivity index (χ4v) is 4.52. The normalized spacial score (nSPS) is 25.8. The summed E-state index contributed by atoms with van der Waals surface area (Å²) in [7, 11) is 0. The number of nitrogens with zero attached hydrogens (tertiary/aromatic N) is 3. The SMILES string of the molecule is CCC1(c2c(Cl)c(Cl)c3cnc(N[C@@H]4CCOC[C@H]4O)nn23)CCC1. The summed E-state index contributed by atoms with van der Waals surface area (Å²) < 4.78 is 7.11. The summed E-state index contributed by atoms with van der Waals surface area (Å²) in [6.07, 6.45) is 6.22. The predicted octanol–water partition coefficient (Wildman–Crippen LogP) is 3.43. The number of aliphatic hydroxyl groups is 1. The van der Waals surface area contributed by atoms with Crippen LogP contribution in [-0.2, 0) is 10.2 Å². The van der Waals surface area contributed by atoms with Crippen LogP contribution in [0.15, 0.2) is 6.20 Å². The molecule has 2 N–H and O–H groups in total. The van der Waals surface area contributed by atoms with E-state index in [2.05, 4.69) is 22.3 Å². The summed E-state index contributed by atoms with van der Waals surface area (Å²) in [6, 6.07) is -0.125. The zero-order valence-corrected chi connectivity index (χ0v) is 15.6. The van der Waals surface area contributed by atoms with Crippen molar-refractivity contribution >= 4 is 34.7 Å². The maximum absolute atomic E-state index is 10.1. The van der Waals surface area contributed by atoms with Crippen molar-refractivity contribution in [2.24, 2.45) is 0 Å². The fourth-order valence-electron chi connectivity index (χ4n) is 3.92. The molecule has 1 aliphatic carbocycles. The third kappa shape index (κ3) is 2.79. The second-order valence-corrected chi connectivity index (χ2v) is 7.78. The van der Waals surface area contributed by atoms with Gasteiger partial charge in [0.1, 0.15) is 5.52 Å². The third-order valence-electron chi connectivity index (χ3n) is 5.70. The minimum Gasteiger partial charge on any atom is -0.389 e. The molecule has 0 aromatic carbocycles. The van der Waals surface area contributed by atoms with Gasteiger partial charge in [0.25, 0.3) is 0 Å². The van der Waals surface area contributed by atoms with E-state index in [1.54, 1.807) is 6.20 Å². The van der Waals surface area contributed by atoms with Gasteiger partial charge < -0.3 is 15.2 Å². The minimum atomic E-state index is -0.571. The van der Waals surface area contributed by atoms with E-state index < -0.39 is 6.10 Å². The van der Waals surface area contributed by atoms with Crippen LogP contribution >= 0.6 is 23.2 Å². The largest absolute Gasteiger partial charge is 0.389 e. The lowest BCUT2D eigenvalue weighted by molar-refractivity contribution is -0.0136. The zero-order valence-electron chi connectivity index (χ0n) is 14.1. The quantitative estimate of drug-likeness (QED) is 0.844. The molecule has 2 atom stereocenters. The molecule has 2 aliphatic rings. The van der Waals surface area contributed by atoms with Crippen LogP contribution in [0, 0.1) is 0 Å². The van der Waals surface area contributed by atoms with E-state index in [0.29, 0.717) is 35.6 Å². The van der Waals surface area contributed by atoms with Crippen molar-refractivity contribution in [1.82, 2.24) is 14.6 Å². The number of rotatable bonds is 4. The Morgan fingerprint density at radius 1 is 1.40 bits per heavy atom. The molecule has 1 saturated heterocycles. The molecular weight excluding hydrogens is 363 g/mol. The molecule has 6 nitrogen and oxygen atoms in total. The van der Waals surface area contributed by atoms with E-state index in [0.717, 1.165) is 30.5 Å². The Balaban J connectivity index is 1.74. The van der Waals surface area contributed by atoms with Crippen molar-refractivity contribution in [3.8, 4) is 0 Å². The van der Waals surface area contributed by atoms with E-state index in [1.807, 2.05) is 4.52 Å². The van der Waals surface area contributed by atoms with Crippen LogP contribution in [0.3, 0.4) is 0 Å². The Morgan fingerprint density at radius 2 is 2.20 bits per heavy atom. The Kier molecular flexibility index (Phi) is 4.56. The molecule has 25 heavy (non-hydrogen) atoms. The standard InChI is InChI=1S/C17H22Cl2N4O2/c1-2-17(5-3-6-17)15-14(19)13(18)11-8-20-16(22-23(11)15)21-10-4-7-25-9-12(10)24/h8,10,12,24H,2-7,9H2,1H3,(H,21,22)/t10-,12-/m1/s1. The Labute approximate surface area is 156 Å². The molecule has 0 spiro atoms. The summed E-state index contributed by atoms with van der Waals surface area (Å²) >= 11 is 13.0. The van der Waals surface area contributed by atoms with Crippen molar-refractivity contribution in [3.63, 3.8) is 0 Å².